The van der Waals surface area contributed by atoms with Crippen molar-refractivity contribution in [2.75, 3.05) is 25.5 Å². The number of nitrogens with zero attached hydrogens (tertiary/aromatic N) is 3. The second-order valence-corrected chi connectivity index (χ2v) is 6.02. The fourth-order valence-electron chi connectivity index (χ4n) is 2.55. The number of imide groups is 2. The summed E-state index contributed by atoms with van der Waals surface area (Å²) in [7, 11) is 3.48. The molecule has 1 aromatic carbocycles. The monoisotopic (exact) mass is 360 g/mol. The zero-order valence-corrected chi connectivity index (χ0v) is 14.8. The summed E-state index contributed by atoms with van der Waals surface area (Å²) in [5.41, 5.74) is 0.544. The van der Waals surface area contributed by atoms with E-state index in [0.717, 1.165) is 11.3 Å². The van der Waals surface area contributed by atoms with Gasteiger partial charge in [0.1, 0.15) is 5.57 Å². The highest BCUT2D eigenvalue weighted by Crippen LogP contribution is 2.27. The number of nitro benzene ring substituents is 1. The Hall–Kier alpha value is -3.23. The number of carbonyl (C=O) groups is 3. The number of benzene rings is 1. The highest BCUT2D eigenvalue weighted by molar-refractivity contribution is 6.31. The van der Waals surface area contributed by atoms with Crippen LogP contribution in [0.15, 0.2) is 23.8 Å². The van der Waals surface area contributed by atoms with E-state index >= 15 is 0 Å². The quantitative estimate of drug-likeness (QED) is 0.359. The van der Waals surface area contributed by atoms with Gasteiger partial charge in [-0.15, -0.1) is 0 Å². The number of carbonyl (C=O) groups excluding carboxylic acids is 3. The van der Waals surface area contributed by atoms with Gasteiger partial charge >= 0.3 is 6.03 Å². The number of nitro groups is 1. The fraction of sp³-hybridized carbons (Fsp3) is 0.353. The summed E-state index contributed by atoms with van der Waals surface area (Å²) >= 11 is 0. The Bertz CT molecular complexity index is 800. The minimum Gasteiger partial charge on any atom is -0.377 e. The molecule has 0 aromatic heterocycles. The van der Waals surface area contributed by atoms with Crippen molar-refractivity contribution in [1.29, 1.82) is 0 Å². The predicted molar refractivity (Wildman–Crippen MR) is 95.6 cm³/mol. The maximum absolute atomic E-state index is 12.6. The molecule has 2 rings (SSSR count). The normalized spacial score (nSPS) is 16.0. The Kier molecular flexibility index (Phi) is 5.71. The third-order valence-electron chi connectivity index (χ3n) is 3.92. The Morgan fingerprint density at radius 1 is 1.27 bits per heavy atom. The van der Waals surface area contributed by atoms with Crippen molar-refractivity contribution in [3.05, 3.63) is 39.4 Å². The molecule has 138 valence electrons. The summed E-state index contributed by atoms with van der Waals surface area (Å²) in [5, 5.41) is 13.2. The Morgan fingerprint density at radius 3 is 2.54 bits per heavy atom. The zero-order chi connectivity index (χ0) is 19.4. The second kappa shape index (κ2) is 7.77. The maximum Gasteiger partial charge on any atom is 0.331 e. The number of nitrogens with one attached hydrogen (secondary N) is 1. The smallest absolute Gasteiger partial charge is 0.331 e. The maximum atomic E-state index is 12.6. The molecule has 1 fully saturated rings. The van der Waals surface area contributed by atoms with E-state index in [2.05, 4.69) is 5.32 Å². The summed E-state index contributed by atoms with van der Waals surface area (Å²) in [6.45, 7) is 2.11. The average molecular weight is 360 g/mol. The molecule has 9 heteroatoms. The summed E-state index contributed by atoms with van der Waals surface area (Å²) < 4.78 is 0. The first-order chi connectivity index (χ1) is 12.3. The number of hydrogen-bond acceptors (Lipinski definition) is 6. The number of anilines is 1. The van der Waals surface area contributed by atoms with Crippen LogP contribution in [0.4, 0.5) is 16.2 Å². The number of non-ortho nitro benzene ring substituents is 1. The number of urea groups is 1. The molecule has 1 N–H and O–H groups in total. The fourth-order valence-corrected chi connectivity index (χ4v) is 2.55. The molecule has 0 spiro atoms. The van der Waals surface area contributed by atoms with Gasteiger partial charge in [-0.05, 0) is 18.6 Å². The lowest BCUT2D eigenvalue weighted by Gasteiger charge is -2.26. The summed E-state index contributed by atoms with van der Waals surface area (Å²) in [4.78, 5) is 49.8. The van der Waals surface area contributed by atoms with Crippen LogP contribution in [-0.2, 0) is 9.59 Å². The standard InChI is InChI=1S/C17H20N4O5/c1-4-5-8-20-16(23)13(15(22)18-17(20)24)10-11-9-12(21(25)26)6-7-14(11)19(2)3/h6-7,9-10H,4-5,8H2,1-3H3,(H,18,22,24)/b13-10-. The van der Waals surface area contributed by atoms with Gasteiger partial charge in [-0.1, -0.05) is 13.3 Å². The van der Waals surface area contributed by atoms with Gasteiger partial charge in [-0.25, -0.2) is 4.79 Å². The molecule has 26 heavy (non-hydrogen) atoms. The molecule has 4 amide bonds. The predicted octanol–water partition coefficient (Wildman–Crippen LogP) is 1.92. The van der Waals surface area contributed by atoms with Crippen molar-refractivity contribution in [2.45, 2.75) is 19.8 Å². The molecular formula is C17H20N4O5. The van der Waals surface area contributed by atoms with E-state index in [0.29, 0.717) is 17.7 Å². The molecule has 0 saturated carbocycles. The van der Waals surface area contributed by atoms with Crippen LogP contribution in [0.1, 0.15) is 25.3 Å². The lowest BCUT2D eigenvalue weighted by molar-refractivity contribution is -0.384. The van der Waals surface area contributed by atoms with Crippen LogP contribution in [0.2, 0.25) is 0 Å². The highest BCUT2D eigenvalue weighted by atomic mass is 16.6. The first-order valence-corrected chi connectivity index (χ1v) is 8.11. The van der Waals surface area contributed by atoms with Crippen molar-refractivity contribution in [2.24, 2.45) is 0 Å². The topological polar surface area (TPSA) is 113 Å². The van der Waals surface area contributed by atoms with E-state index in [1.165, 1.54) is 24.3 Å². The molecule has 0 radical (unpaired) electrons. The van der Waals surface area contributed by atoms with E-state index in [1.54, 1.807) is 19.0 Å². The van der Waals surface area contributed by atoms with Crippen LogP contribution in [0, 0.1) is 10.1 Å². The molecule has 9 nitrogen and oxygen atoms in total. The summed E-state index contributed by atoms with van der Waals surface area (Å²) in [6, 6.07) is 3.42. The van der Waals surface area contributed by atoms with E-state index in [-0.39, 0.29) is 17.8 Å². The second-order valence-electron chi connectivity index (χ2n) is 6.02. The van der Waals surface area contributed by atoms with E-state index in [4.69, 9.17) is 0 Å². The van der Waals surface area contributed by atoms with Crippen molar-refractivity contribution >= 4 is 35.3 Å². The minimum atomic E-state index is -0.816. The number of rotatable bonds is 6. The third-order valence-corrected chi connectivity index (χ3v) is 3.92. The molecular weight excluding hydrogens is 340 g/mol. The molecule has 1 saturated heterocycles. The largest absolute Gasteiger partial charge is 0.377 e. The molecule has 0 bridgehead atoms. The van der Waals surface area contributed by atoms with Crippen molar-refractivity contribution < 1.29 is 19.3 Å². The van der Waals surface area contributed by atoms with Crippen molar-refractivity contribution in [3.8, 4) is 0 Å². The first-order valence-electron chi connectivity index (χ1n) is 8.11. The minimum absolute atomic E-state index is 0.162. The Morgan fingerprint density at radius 2 is 1.96 bits per heavy atom. The van der Waals surface area contributed by atoms with Crippen LogP contribution in [0.5, 0.6) is 0 Å². The Balaban J connectivity index is 2.50. The zero-order valence-electron chi connectivity index (χ0n) is 14.8. The van der Waals surface area contributed by atoms with Crippen molar-refractivity contribution in [3.63, 3.8) is 0 Å². The SMILES string of the molecule is CCCCN1C(=O)NC(=O)/C(=C/c2cc([N+](=O)[O-])ccc2N(C)C)C1=O. The number of hydrogen-bond donors (Lipinski definition) is 1. The van der Waals surface area contributed by atoms with Crippen LogP contribution in [-0.4, -0.2) is 48.3 Å². The molecule has 1 aliphatic heterocycles. The van der Waals surface area contributed by atoms with Crippen molar-refractivity contribution in [1.82, 2.24) is 10.2 Å². The van der Waals surface area contributed by atoms with E-state index in [9.17, 15) is 24.5 Å². The van der Waals surface area contributed by atoms with Gasteiger partial charge in [0.2, 0.25) is 0 Å². The number of barbiturate groups is 1. The first kappa shape index (κ1) is 19.1. The lowest BCUT2D eigenvalue weighted by Crippen LogP contribution is -2.54. The van der Waals surface area contributed by atoms with Crippen LogP contribution < -0.4 is 10.2 Å². The molecule has 1 heterocycles. The van der Waals surface area contributed by atoms with Gasteiger partial charge < -0.3 is 4.90 Å². The van der Waals surface area contributed by atoms with Gasteiger partial charge in [0.25, 0.3) is 17.5 Å². The number of amides is 4. The lowest BCUT2D eigenvalue weighted by atomic mass is 10.0. The summed E-state index contributed by atoms with van der Waals surface area (Å²) in [6.07, 6.45) is 2.67. The number of unbranched alkanes of at least 4 members (excludes halogenated alkanes) is 1. The van der Waals surface area contributed by atoms with E-state index in [1.807, 2.05) is 6.92 Å². The molecule has 0 aliphatic carbocycles. The van der Waals surface area contributed by atoms with Gasteiger partial charge in [-0.2, -0.15) is 0 Å². The summed E-state index contributed by atoms with van der Waals surface area (Å²) in [5.74, 6) is -1.52. The van der Waals surface area contributed by atoms with Gasteiger partial charge in [0.15, 0.2) is 0 Å². The van der Waals surface area contributed by atoms with Gasteiger partial charge in [0, 0.05) is 44.0 Å². The van der Waals surface area contributed by atoms with Gasteiger partial charge in [-0.3, -0.25) is 29.9 Å². The highest BCUT2D eigenvalue weighted by Gasteiger charge is 2.35. The average Bonchev–Trinajstić information content (AvgIpc) is 2.58. The van der Waals surface area contributed by atoms with Crippen LogP contribution >= 0.6 is 0 Å². The molecule has 0 atom stereocenters. The van der Waals surface area contributed by atoms with Crippen LogP contribution in [0.3, 0.4) is 0 Å². The third kappa shape index (κ3) is 3.88. The molecule has 1 aromatic rings. The molecule has 0 unspecified atom stereocenters. The van der Waals surface area contributed by atoms with Gasteiger partial charge in [0.05, 0.1) is 4.92 Å². The van der Waals surface area contributed by atoms with Crippen LogP contribution in [0.25, 0.3) is 6.08 Å². The Labute approximate surface area is 150 Å². The van der Waals surface area contributed by atoms with E-state index < -0.39 is 22.8 Å². The molecule has 1 aliphatic rings.